The summed E-state index contributed by atoms with van der Waals surface area (Å²) in [5.41, 5.74) is 2.26. The lowest BCUT2D eigenvalue weighted by Gasteiger charge is -2.01. The molecule has 0 fully saturated rings. The Balaban J connectivity index is 2.84. The van der Waals surface area contributed by atoms with E-state index < -0.39 is 0 Å². The van der Waals surface area contributed by atoms with Crippen LogP contribution < -0.4 is 0 Å². The van der Waals surface area contributed by atoms with Gasteiger partial charge in [0.2, 0.25) is 0 Å². The molecule has 0 N–H and O–H groups in total. The van der Waals surface area contributed by atoms with Gasteiger partial charge >= 0.3 is 0 Å². The second-order valence-electron chi connectivity index (χ2n) is 2.75. The largest absolute Gasteiger partial charge is 0.198 e. The fourth-order valence-corrected chi connectivity index (χ4v) is 1.30. The molecule has 0 saturated carbocycles. The Labute approximate surface area is 77.6 Å². The van der Waals surface area contributed by atoms with Crippen LogP contribution in [0.3, 0.4) is 0 Å². The van der Waals surface area contributed by atoms with Crippen molar-refractivity contribution in [3.05, 3.63) is 34.3 Å². The molecule has 1 nitrogen and oxygen atoms in total. The second-order valence-corrected chi connectivity index (χ2v) is 3.16. The lowest BCUT2D eigenvalue weighted by Crippen LogP contribution is -1.86. The predicted molar refractivity (Wildman–Crippen MR) is 50.1 cm³/mol. The summed E-state index contributed by atoms with van der Waals surface area (Å²) >= 11 is 5.92. The summed E-state index contributed by atoms with van der Waals surface area (Å²) in [6, 6.07) is 7.98. The maximum absolute atomic E-state index is 8.39. The Kier molecular flexibility index (Phi) is 3.13. The zero-order chi connectivity index (χ0) is 8.97. The summed E-state index contributed by atoms with van der Waals surface area (Å²) in [5, 5.41) is 9.15. The van der Waals surface area contributed by atoms with Crippen molar-refractivity contribution < 1.29 is 0 Å². The molecule has 0 amide bonds. The standard InChI is InChI=1S/C10H10ClN/c1-8-4-5-10(11)9(7-8)3-2-6-12/h4-5,7H,2-3H2,1H3. The molecule has 0 atom stereocenters. The van der Waals surface area contributed by atoms with E-state index in [1.165, 1.54) is 5.56 Å². The molecule has 0 aliphatic heterocycles. The normalized spacial score (nSPS) is 9.42. The highest BCUT2D eigenvalue weighted by Gasteiger charge is 1.99. The van der Waals surface area contributed by atoms with Gasteiger partial charge < -0.3 is 0 Å². The Morgan fingerprint density at radius 1 is 1.50 bits per heavy atom. The average molecular weight is 180 g/mol. The predicted octanol–water partition coefficient (Wildman–Crippen LogP) is 3.10. The van der Waals surface area contributed by atoms with E-state index in [-0.39, 0.29) is 0 Å². The van der Waals surface area contributed by atoms with E-state index >= 15 is 0 Å². The van der Waals surface area contributed by atoms with Crippen molar-refractivity contribution in [2.75, 3.05) is 0 Å². The highest BCUT2D eigenvalue weighted by molar-refractivity contribution is 6.31. The fraction of sp³-hybridized carbons (Fsp3) is 0.300. The first kappa shape index (κ1) is 9.09. The number of benzene rings is 1. The van der Waals surface area contributed by atoms with E-state index in [0.29, 0.717) is 6.42 Å². The first-order valence-corrected chi connectivity index (χ1v) is 4.24. The van der Waals surface area contributed by atoms with Crippen LogP contribution in [-0.4, -0.2) is 0 Å². The summed E-state index contributed by atoms with van der Waals surface area (Å²) in [4.78, 5) is 0. The summed E-state index contributed by atoms with van der Waals surface area (Å²) in [5.74, 6) is 0. The monoisotopic (exact) mass is 179 g/mol. The highest BCUT2D eigenvalue weighted by Crippen LogP contribution is 2.18. The molecular formula is C10H10ClN. The van der Waals surface area contributed by atoms with Crippen molar-refractivity contribution in [1.82, 2.24) is 0 Å². The average Bonchev–Trinajstić information content (AvgIpc) is 2.07. The van der Waals surface area contributed by atoms with Gasteiger partial charge in [0.1, 0.15) is 0 Å². The molecule has 1 rings (SSSR count). The third-order valence-electron chi connectivity index (χ3n) is 1.71. The van der Waals surface area contributed by atoms with Crippen LogP contribution in [0.2, 0.25) is 5.02 Å². The molecule has 2 heteroatoms. The number of nitrogens with zero attached hydrogens (tertiary/aromatic N) is 1. The van der Waals surface area contributed by atoms with Crippen molar-refractivity contribution in [3.63, 3.8) is 0 Å². The van der Waals surface area contributed by atoms with Gasteiger partial charge in [0.25, 0.3) is 0 Å². The molecule has 0 saturated heterocycles. The van der Waals surface area contributed by atoms with E-state index in [4.69, 9.17) is 16.9 Å². The maximum Gasteiger partial charge on any atom is 0.0625 e. The van der Waals surface area contributed by atoms with Gasteiger partial charge in [-0.15, -0.1) is 0 Å². The van der Waals surface area contributed by atoms with Crippen molar-refractivity contribution in [3.8, 4) is 6.07 Å². The van der Waals surface area contributed by atoms with Crippen LogP contribution in [0.5, 0.6) is 0 Å². The van der Waals surface area contributed by atoms with Gasteiger partial charge in [-0.25, -0.2) is 0 Å². The van der Waals surface area contributed by atoms with Gasteiger partial charge in [0, 0.05) is 11.4 Å². The SMILES string of the molecule is Cc1ccc(Cl)c(CCC#N)c1. The minimum absolute atomic E-state index is 0.531. The van der Waals surface area contributed by atoms with E-state index in [2.05, 4.69) is 6.07 Å². The Morgan fingerprint density at radius 3 is 2.92 bits per heavy atom. The number of halogens is 1. The van der Waals surface area contributed by atoms with Crippen LogP contribution in [0.15, 0.2) is 18.2 Å². The topological polar surface area (TPSA) is 23.8 Å². The number of hydrogen-bond donors (Lipinski definition) is 0. The first-order valence-electron chi connectivity index (χ1n) is 3.86. The molecule has 0 unspecified atom stereocenters. The molecule has 12 heavy (non-hydrogen) atoms. The van der Waals surface area contributed by atoms with Gasteiger partial charge in [0.15, 0.2) is 0 Å². The first-order chi connectivity index (χ1) is 5.74. The van der Waals surface area contributed by atoms with Gasteiger partial charge in [-0.1, -0.05) is 29.3 Å². The summed E-state index contributed by atoms with van der Waals surface area (Å²) in [6.45, 7) is 2.02. The molecule has 1 aromatic rings. The number of nitriles is 1. The summed E-state index contributed by atoms with van der Waals surface area (Å²) in [6.07, 6.45) is 1.28. The van der Waals surface area contributed by atoms with Crippen molar-refractivity contribution >= 4 is 11.6 Å². The van der Waals surface area contributed by atoms with Gasteiger partial charge in [-0.05, 0) is 25.0 Å². The molecule has 0 heterocycles. The molecule has 0 bridgehead atoms. The number of aryl methyl sites for hydroxylation is 2. The van der Waals surface area contributed by atoms with Crippen LogP contribution in [0.4, 0.5) is 0 Å². The van der Waals surface area contributed by atoms with Crippen molar-refractivity contribution in [2.45, 2.75) is 19.8 Å². The third kappa shape index (κ3) is 2.25. The molecule has 1 aromatic carbocycles. The Morgan fingerprint density at radius 2 is 2.25 bits per heavy atom. The minimum atomic E-state index is 0.531. The smallest absolute Gasteiger partial charge is 0.0625 e. The second kappa shape index (κ2) is 4.13. The van der Waals surface area contributed by atoms with Crippen LogP contribution in [0, 0.1) is 18.3 Å². The number of rotatable bonds is 2. The van der Waals surface area contributed by atoms with Crippen LogP contribution in [0.25, 0.3) is 0 Å². The molecule has 0 aliphatic rings. The molecule has 0 radical (unpaired) electrons. The Bertz CT molecular complexity index is 312. The van der Waals surface area contributed by atoms with E-state index in [9.17, 15) is 0 Å². The molecular weight excluding hydrogens is 170 g/mol. The van der Waals surface area contributed by atoms with Crippen molar-refractivity contribution in [1.29, 1.82) is 5.26 Å². The van der Waals surface area contributed by atoms with Crippen LogP contribution in [0.1, 0.15) is 17.5 Å². The van der Waals surface area contributed by atoms with Gasteiger partial charge in [-0.3, -0.25) is 0 Å². The highest BCUT2D eigenvalue weighted by atomic mass is 35.5. The molecule has 0 aromatic heterocycles. The lowest BCUT2D eigenvalue weighted by molar-refractivity contribution is 1.01. The summed E-state index contributed by atoms with van der Waals surface area (Å²) in [7, 11) is 0. The van der Waals surface area contributed by atoms with E-state index in [1.807, 2.05) is 25.1 Å². The molecule has 0 spiro atoms. The Hall–Kier alpha value is -1.00. The van der Waals surface area contributed by atoms with Gasteiger partial charge in [-0.2, -0.15) is 5.26 Å². The molecule has 62 valence electrons. The fourth-order valence-electron chi connectivity index (χ4n) is 1.09. The third-order valence-corrected chi connectivity index (χ3v) is 2.08. The lowest BCUT2D eigenvalue weighted by atomic mass is 10.1. The zero-order valence-electron chi connectivity index (χ0n) is 6.97. The van der Waals surface area contributed by atoms with E-state index in [1.54, 1.807) is 0 Å². The minimum Gasteiger partial charge on any atom is -0.198 e. The van der Waals surface area contributed by atoms with Crippen LogP contribution >= 0.6 is 11.6 Å². The molecule has 0 aliphatic carbocycles. The maximum atomic E-state index is 8.39. The zero-order valence-corrected chi connectivity index (χ0v) is 7.73. The number of hydrogen-bond acceptors (Lipinski definition) is 1. The summed E-state index contributed by atoms with van der Waals surface area (Å²) < 4.78 is 0. The quantitative estimate of drug-likeness (QED) is 0.685. The van der Waals surface area contributed by atoms with Crippen LogP contribution in [-0.2, 0) is 6.42 Å². The van der Waals surface area contributed by atoms with Gasteiger partial charge in [0.05, 0.1) is 6.07 Å². The van der Waals surface area contributed by atoms with E-state index in [0.717, 1.165) is 17.0 Å². The van der Waals surface area contributed by atoms with Crippen molar-refractivity contribution in [2.24, 2.45) is 0 Å².